The largest absolute Gasteiger partial charge is 0.478 e. The van der Waals surface area contributed by atoms with E-state index in [2.05, 4.69) is 0 Å². The summed E-state index contributed by atoms with van der Waals surface area (Å²) in [6.07, 6.45) is 4.10. The molecule has 0 spiro atoms. The Bertz CT molecular complexity index is 680. The number of carboxylic acid groups (broad SMARTS) is 1. The van der Waals surface area contributed by atoms with Gasteiger partial charge in [0.1, 0.15) is 4.90 Å². The number of rotatable bonds is 6. The van der Waals surface area contributed by atoms with E-state index in [4.69, 9.17) is 16.7 Å². The smallest absolute Gasteiger partial charge is 0.328 e. The Balaban J connectivity index is 2.34. The molecule has 21 heavy (non-hydrogen) atoms. The standard InChI is InChI=1S/C14H16ClNO4S/c1-2-16(11-5-6-11)21(19,20)13-7-3-10(9-12(13)15)4-8-14(17)18/h3-4,7-9,11H,2,5-6H2,1H3,(H,17,18). The lowest BCUT2D eigenvalue weighted by Crippen LogP contribution is -2.33. The van der Waals surface area contributed by atoms with Gasteiger partial charge in [0.2, 0.25) is 10.0 Å². The van der Waals surface area contributed by atoms with Crippen LogP contribution in [0.1, 0.15) is 25.3 Å². The first-order chi connectivity index (χ1) is 9.86. The Morgan fingerprint density at radius 3 is 2.62 bits per heavy atom. The Labute approximate surface area is 128 Å². The molecule has 1 saturated carbocycles. The number of nitrogens with zero attached hydrogens (tertiary/aromatic N) is 1. The van der Waals surface area contributed by atoms with Gasteiger partial charge in [-0.3, -0.25) is 0 Å². The summed E-state index contributed by atoms with van der Waals surface area (Å²) in [7, 11) is -3.61. The predicted molar refractivity (Wildman–Crippen MR) is 80.7 cm³/mol. The third-order valence-corrected chi connectivity index (χ3v) is 5.74. The number of aliphatic carboxylic acids is 1. The minimum atomic E-state index is -3.61. The molecule has 0 heterocycles. The molecule has 0 saturated heterocycles. The normalized spacial score (nSPS) is 15.8. The molecule has 0 unspecified atom stereocenters. The lowest BCUT2D eigenvalue weighted by molar-refractivity contribution is -0.131. The Kier molecular flexibility index (Phi) is 4.70. The second-order valence-corrected chi connectivity index (χ2v) is 7.07. The van der Waals surface area contributed by atoms with Gasteiger partial charge < -0.3 is 5.11 Å². The van der Waals surface area contributed by atoms with E-state index in [-0.39, 0.29) is 16.0 Å². The van der Waals surface area contributed by atoms with E-state index in [9.17, 15) is 13.2 Å². The van der Waals surface area contributed by atoms with Gasteiger partial charge in [-0.2, -0.15) is 4.31 Å². The second-order valence-electron chi connectivity index (χ2n) is 4.80. The first-order valence-electron chi connectivity index (χ1n) is 6.58. The molecule has 2 rings (SSSR count). The topological polar surface area (TPSA) is 74.7 Å². The Hall–Kier alpha value is -1.37. The first kappa shape index (κ1) is 16.0. The molecule has 1 aliphatic rings. The van der Waals surface area contributed by atoms with Crippen molar-refractivity contribution in [1.82, 2.24) is 4.31 Å². The number of sulfonamides is 1. The molecule has 0 bridgehead atoms. The maximum atomic E-state index is 12.6. The van der Waals surface area contributed by atoms with Crippen LogP contribution in [0.4, 0.5) is 0 Å². The number of hydrogen-bond donors (Lipinski definition) is 1. The van der Waals surface area contributed by atoms with Crippen molar-refractivity contribution in [3.8, 4) is 0 Å². The van der Waals surface area contributed by atoms with E-state index < -0.39 is 16.0 Å². The van der Waals surface area contributed by atoms with Crippen LogP contribution in [-0.4, -0.2) is 36.4 Å². The quantitative estimate of drug-likeness (QED) is 0.814. The zero-order valence-electron chi connectivity index (χ0n) is 11.5. The molecule has 1 aromatic carbocycles. The maximum absolute atomic E-state index is 12.6. The van der Waals surface area contributed by atoms with Crippen molar-refractivity contribution < 1.29 is 18.3 Å². The van der Waals surface area contributed by atoms with Crippen LogP contribution in [0.5, 0.6) is 0 Å². The summed E-state index contributed by atoms with van der Waals surface area (Å²) in [6.45, 7) is 2.21. The van der Waals surface area contributed by atoms with E-state index in [0.29, 0.717) is 12.1 Å². The highest BCUT2D eigenvalue weighted by Crippen LogP contribution is 2.34. The van der Waals surface area contributed by atoms with Crippen LogP contribution in [-0.2, 0) is 14.8 Å². The van der Waals surface area contributed by atoms with Crippen molar-refractivity contribution in [2.24, 2.45) is 0 Å². The molecule has 0 amide bonds. The van der Waals surface area contributed by atoms with Gasteiger partial charge >= 0.3 is 5.97 Å². The van der Waals surface area contributed by atoms with Crippen LogP contribution >= 0.6 is 11.6 Å². The van der Waals surface area contributed by atoms with Crippen LogP contribution in [0.15, 0.2) is 29.2 Å². The van der Waals surface area contributed by atoms with Gasteiger partial charge in [-0.05, 0) is 36.6 Å². The number of carbonyl (C=O) groups is 1. The fraction of sp³-hybridized carbons (Fsp3) is 0.357. The molecule has 0 atom stereocenters. The highest BCUT2D eigenvalue weighted by atomic mass is 35.5. The highest BCUT2D eigenvalue weighted by Gasteiger charge is 2.37. The fourth-order valence-electron chi connectivity index (χ4n) is 2.11. The maximum Gasteiger partial charge on any atom is 0.328 e. The third kappa shape index (κ3) is 3.64. The number of carboxylic acids is 1. The van der Waals surface area contributed by atoms with Gasteiger partial charge in [-0.1, -0.05) is 24.6 Å². The molecule has 0 radical (unpaired) electrons. The molecule has 1 aromatic rings. The van der Waals surface area contributed by atoms with E-state index in [0.717, 1.165) is 18.9 Å². The van der Waals surface area contributed by atoms with Gasteiger partial charge in [-0.15, -0.1) is 0 Å². The highest BCUT2D eigenvalue weighted by molar-refractivity contribution is 7.89. The lowest BCUT2D eigenvalue weighted by atomic mass is 10.2. The number of hydrogen-bond acceptors (Lipinski definition) is 3. The van der Waals surface area contributed by atoms with E-state index >= 15 is 0 Å². The van der Waals surface area contributed by atoms with Crippen molar-refractivity contribution in [3.63, 3.8) is 0 Å². The van der Waals surface area contributed by atoms with Crippen LogP contribution in [0.3, 0.4) is 0 Å². The predicted octanol–water partition coefficient (Wildman–Crippen LogP) is 2.61. The van der Waals surface area contributed by atoms with Gasteiger partial charge in [0.05, 0.1) is 5.02 Å². The molecule has 1 N–H and O–H groups in total. The minimum absolute atomic E-state index is 0.0605. The fourth-order valence-corrected chi connectivity index (χ4v) is 4.33. The monoisotopic (exact) mass is 329 g/mol. The van der Waals surface area contributed by atoms with Crippen LogP contribution in [0, 0.1) is 0 Å². The molecular weight excluding hydrogens is 314 g/mol. The van der Waals surface area contributed by atoms with Crippen molar-refractivity contribution >= 4 is 33.7 Å². The molecule has 114 valence electrons. The van der Waals surface area contributed by atoms with E-state index in [1.807, 2.05) is 0 Å². The van der Waals surface area contributed by atoms with Gasteiger partial charge in [-0.25, -0.2) is 13.2 Å². The summed E-state index contributed by atoms with van der Waals surface area (Å²) in [5.41, 5.74) is 0.538. The average molecular weight is 330 g/mol. The minimum Gasteiger partial charge on any atom is -0.478 e. The summed E-state index contributed by atoms with van der Waals surface area (Å²) in [5, 5.41) is 8.68. The van der Waals surface area contributed by atoms with E-state index in [1.54, 1.807) is 13.0 Å². The lowest BCUT2D eigenvalue weighted by Gasteiger charge is -2.20. The number of benzene rings is 1. The van der Waals surface area contributed by atoms with Crippen LogP contribution in [0.2, 0.25) is 5.02 Å². The van der Waals surface area contributed by atoms with Crippen molar-refractivity contribution in [1.29, 1.82) is 0 Å². The summed E-state index contributed by atoms with van der Waals surface area (Å²) >= 11 is 6.07. The van der Waals surface area contributed by atoms with Gasteiger partial charge in [0.25, 0.3) is 0 Å². The zero-order chi connectivity index (χ0) is 15.6. The molecule has 5 nitrogen and oxygen atoms in total. The van der Waals surface area contributed by atoms with Crippen molar-refractivity contribution in [3.05, 3.63) is 34.9 Å². The third-order valence-electron chi connectivity index (χ3n) is 3.23. The molecular formula is C14H16ClNO4S. The summed E-state index contributed by atoms with van der Waals surface area (Å²) < 4.78 is 26.6. The van der Waals surface area contributed by atoms with Crippen molar-refractivity contribution in [2.75, 3.05) is 6.54 Å². The zero-order valence-corrected chi connectivity index (χ0v) is 13.1. The SMILES string of the molecule is CCN(C1CC1)S(=O)(=O)c1ccc(C=CC(=O)O)cc1Cl. The van der Waals surface area contributed by atoms with Crippen LogP contribution < -0.4 is 0 Å². The Morgan fingerprint density at radius 2 is 2.14 bits per heavy atom. The van der Waals surface area contributed by atoms with Gasteiger partial charge in [0, 0.05) is 18.7 Å². The summed E-state index contributed by atoms with van der Waals surface area (Å²) in [6, 6.07) is 4.49. The van der Waals surface area contributed by atoms with Crippen molar-refractivity contribution in [2.45, 2.75) is 30.7 Å². The molecule has 7 heteroatoms. The Morgan fingerprint density at radius 1 is 1.48 bits per heavy atom. The molecule has 0 aliphatic heterocycles. The summed E-state index contributed by atoms with van der Waals surface area (Å²) in [4.78, 5) is 10.5. The van der Waals surface area contributed by atoms with E-state index in [1.165, 1.54) is 22.5 Å². The average Bonchev–Trinajstić information content (AvgIpc) is 3.21. The van der Waals surface area contributed by atoms with Crippen LogP contribution in [0.25, 0.3) is 6.08 Å². The van der Waals surface area contributed by atoms with Gasteiger partial charge in [0.15, 0.2) is 0 Å². The number of halogens is 1. The molecule has 0 aromatic heterocycles. The summed E-state index contributed by atoms with van der Waals surface area (Å²) in [5.74, 6) is -1.08. The first-order valence-corrected chi connectivity index (χ1v) is 8.40. The second kappa shape index (κ2) is 6.17. The molecule has 1 aliphatic carbocycles. The molecule has 1 fully saturated rings.